The molecular weight excluding hydrogens is 168 g/mol. The van der Waals surface area contributed by atoms with E-state index in [-0.39, 0.29) is 6.61 Å². The maximum absolute atomic E-state index is 8.54. The van der Waals surface area contributed by atoms with Crippen molar-refractivity contribution in [3.8, 4) is 5.88 Å². The normalized spacial score (nSPS) is 10.0. The number of aliphatic hydroxyl groups excluding tert-OH is 1. The Morgan fingerprint density at radius 2 is 2.31 bits per heavy atom. The Morgan fingerprint density at radius 3 is 3.00 bits per heavy atom. The van der Waals surface area contributed by atoms with Gasteiger partial charge in [-0.1, -0.05) is 0 Å². The summed E-state index contributed by atoms with van der Waals surface area (Å²) >= 11 is 0. The molecule has 1 aromatic rings. The highest BCUT2D eigenvalue weighted by atomic mass is 16.5. The Labute approximate surface area is 77.4 Å². The number of nitrogens with zero attached hydrogens (tertiary/aromatic N) is 1. The molecular formula is C9H14N2O2. The molecule has 0 unspecified atom stereocenters. The van der Waals surface area contributed by atoms with Gasteiger partial charge in [0.2, 0.25) is 5.88 Å². The van der Waals surface area contributed by atoms with Crippen LogP contribution in [0, 0.1) is 6.92 Å². The Balaban J connectivity index is 2.59. The topological polar surface area (TPSA) is 68.4 Å². The summed E-state index contributed by atoms with van der Waals surface area (Å²) < 4.78 is 5.26. The minimum absolute atomic E-state index is 0.117. The number of hydrogen-bond donors (Lipinski definition) is 2. The molecule has 3 N–H and O–H groups in total. The molecule has 1 heterocycles. The highest BCUT2D eigenvalue weighted by Crippen LogP contribution is 2.17. The zero-order valence-electron chi connectivity index (χ0n) is 7.66. The van der Waals surface area contributed by atoms with Crippen molar-refractivity contribution >= 4 is 5.69 Å². The summed E-state index contributed by atoms with van der Waals surface area (Å²) in [5.74, 6) is 0.452. The van der Waals surface area contributed by atoms with E-state index in [1.807, 2.05) is 13.0 Å². The van der Waals surface area contributed by atoms with Gasteiger partial charge in [-0.25, -0.2) is 4.98 Å². The smallest absolute Gasteiger partial charge is 0.237 e. The summed E-state index contributed by atoms with van der Waals surface area (Å²) in [5, 5.41) is 8.54. The van der Waals surface area contributed by atoms with Gasteiger partial charge in [0, 0.05) is 18.7 Å². The average Bonchev–Trinajstić information content (AvgIpc) is 2.11. The molecule has 4 nitrogen and oxygen atoms in total. The highest BCUT2D eigenvalue weighted by molar-refractivity contribution is 5.48. The summed E-state index contributed by atoms with van der Waals surface area (Å²) in [6, 6.07) is 3.59. The number of rotatable bonds is 4. The first-order valence-corrected chi connectivity index (χ1v) is 4.21. The van der Waals surface area contributed by atoms with Crippen molar-refractivity contribution in [1.29, 1.82) is 0 Å². The zero-order chi connectivity index (χ0) is 9.68. The van der Waals surface area contributed by atoms with Crippen LogP contribution < -0.4 is 10.5 Å². The molecule has 0 aromatic carbocycles. The molecule has 1 rings (SSSR count). The number of ether oxygens (including phenoxy) is 1. The van der Waals surface area contributed by atoms with E-state index in [0.29, 0.717) is 24.6 Å². The van der Waals surface area contributed by atoms with E-state index < -0.39 is 0 Å². The molecule has 0 radical (unpaired) electrons. The first-order valence-electron chi connectivity index (χ1n) is 4.21. The summed E-state index contributed by atoms with van der Waals surface area (Å²) in [4.78, 5) is 4.12. The second kappa shape index (κ2) is 4.67. The Morgan fingerprint density at radius 1 is 1.54 bits per heavy atom. The fraction of sp³-hybridized carbons (Fsp3) is 0.444. The van der Waals surface area contributed by atoms with Crippen molar-refractivity contribution in [2.24, 2.45) is 0 Å². The third kappa shape index (κ3) is 2.91. The monoisotopic (exact) mass is 182 g/mol. The standard InChI is InChI=1S/C9H14N2O2/c1-7-3-4-8(10)9(11-7)13-6-2-5-12/h3-4,12H,2,5-6,10H2,1H3. The highest BCUT2D eigenvalue weighted by Gasteiger charge is 2.01. The molecule has 0 aliphatic heterocycles. The van der Waals surface area contributed by atoms with E-state index >= 15 is 0 Å². The van der Waals surface area contributed by atoms with Crippen LogP contribution in [0.25, 0.3) is 0 Å². The van der Waals surface area contributed by atoms with E-state index in [0.717, 1.165) is 5.69 Å². The molecule has 4 heteroatoms. The molecule has 0 amide bonds. The lowest BCUT2D eigenvalue weighted by Gasteiger charge is -2.06. The van der Waals surface area contributed by atoms with Crippen LogP contribution in [-0.2, 0) is 0 Å². The Kier molecular flexibility index (Phi) is 3.52. The van der Waals surface area contributed by atoms with Crippen molar-refractivity contribution in [2.45, 2.75) is 13.3 Å². The lowest BCUT2D eigenvalue weighted by atomic mass is 10.3. The van der Waals surface area contributed by atoms with Gasteiger partial charge in [0.05, 0.1) is 12.3 Å². The van der Waals surface area contributed by atoms with E-state index in [1.165, 1.54) is 0 Å². The largest absolute Gasteiger partial charge is 0.476 e. The Hall–Kier alpha value is -1.29. The van der Waals surface area contributed by atoms with Gasteiger partial charge < -0.3 is 15.6 Å². The van der Waals surface area contributed by atoms with Gasteiger partial charge in [-0.2, -0.15) is 0 Å². The molecule has 0 saturated heterocycles. The van der Waals surface area contributed by atoms with Crippen LogP contribution >= 0.6 is 0 Å². The van der Waals surface area contributed by atoms with Gasteiger partial charge in [-0.3, -0.25) is 0 Å². The average molecular weight is 182 g/mol. The summed E-state index contributed by atoms with van der Waals surface area (Å²) in [5.41, 5.74) is 7.02. The van der Waals surface area contributed by atoms with Crippen LogP contribution in [0.1, 0.15) is 12.1 Å². The van der Waals surface area contributed by atoms with Crippen LogP contribution in [-0.4, -0.2) is 23.3 Å². The molecule has 1 aromatic heterocycles. The maximum atomic E-state index is 8.54. The first-order chi connectivity index (χ1) is 6.24. The predicted molar refractivity (Wildman–Crippen MR) is 50.6 cm³/mol. The molecule has 13 heavy (non-hydrogen) atoms. The fourth-order valence-electron chi connectivity index (χ4n) is 0.893. The third-order valence-corrected chi connectivity index (χ3v) is 1.57. The van der Waals surface area contributed by atoms with Crippen molar-refractivity contribution in [2.75, 3.05) is 18.9 Å². The molecule has 0 aliphatic rings. The lowest BCUT2D eigenvalue weighted by Crippen LogP contribution is -2.04. The lowest BCUT2D eigenvalue weighted by molar-refractivity contribution is 0.230. The maximum Gasteiger partial charge on any atom is 0.237 e. The van der Waals surface area contributed by atoms with Crippen LogP contribution in [0.5, 0.6) is 5.88 Å². The molecule has 0 saturated carbocycles. The third-order valence-electron chi connectivity index (χ3n) is 1.57. The first kappa shape index (κ1) is 9.80. The summed E-state index contributed by atoms with van der Waals surface area (Å²) in [6.07, 6.45) is 0.592. The summed E-state index contributed by atoms with van der Waals surface area (Å²) in [6.45, 7) is 2.43. The van der Waals surface area contributed by atoms with Crippen molar-refractivity contribution in [3.63, 3.8) is 0 Å². The van der Waals surface area contributed by atoms with Crippen LogP contribution in [0.15, 0.2) is 12.1 Å². The number of aromatic nitrogens is 1. The van der Waals surface area contributed by atoms with Gasteiger partial charge in [-0.15, -0.1) is 0 Å². The minimum Gasteiger partial charge on any atom is -0.476 e. The number of pyridine rings is 1. The van der Waals surface area contributed by atoms with Crippen LogP contribution in [0.2, 0.25) is 0 Å². The number of nitrogen functional groups attached to an aromatic ring is 1. The van der Waals surface area contributed by atoms with Gasteiger partial charge >= 0.3 is 0 Å². The molecule has 72 valence electrons. The van der Waals surface area contributed by atoms with E-state index in [9.17, 15) is 0 Å². The van der Waals surface area contributed by atoms with Crippen molar-refractivity contribution in [1.82, 2.24) is 4.98 Å². The zero-order valence-corrected chi connectivity index (χ0v) is 7.66. The molecule has 0 fully saturated rings. The van der Waals surface area contributed by atoms with E-state index in [2.05, 4.69) is 4.98 Å². The van der Waals surface area contributed by atoms with Crippen LogP contribution in [0.3, 0.4) is 0 Å². The number of aryl methyl sites for hydroxylation is 1. The molecule has 0 atom stereocenters. The number of aliphatic hydroxyl groups is 1. The minimum atomic E-state index is 0.117. The second-order valence-corrected chi connectivity index (χ2v) is 2.77. The van der Waals surface area contributed by atoms with E-state index in [4.69, 9.17) is 15.6 Å². The second-order valence-electron chi connectivity index (χ2n) is 2.77. The van der Waals surface area contributed by atoms with Gasteiger partial charge in [-0.05, 0) is 19.1 Å². The summed E-state index contributed by atoms with van der Waals surface area (Å²) in [7, 11) is 0. The Bertz CT molecular complexity index is 276. The van der Waals surface area contributed by atoms with Gasteiger partial charge in [0.15, 0.2) is 0 Å². The number of nitrogens with two attached hydrogens (primary N) is 1. The molecule has 0 bridgehead atoms. The molecule has 0 aliphatic carbocycles. The number of hydrogen-bond acceptors (Lipinski definition) is 4. The van der Waals surface area contributed by atoms with Gasteiger partial charge in [0.25, 0.3) is 0 Å². The number of anilines is 1. The predicted octanol–water partition coefficient (Wildman–Crippen LogP) is 0.733. The van der Waals surface area contributed by atoms with E-state index in [1.54, 1.807) is 6.07 Å². The van der Waals surface area contributed by atoms with Crippen molar-refractivity contribution in [3.05, 3.63) is 17.8 Å². The SMILES string of the molecule is Cc1ccc(N)c(OCCCO)n1. The quantitative estimate of drug-likeness (QED) is 0.674. The fourth-order valence-corrected chi connectivity index (χ4v) is 0.893. The van der Waals surface area contributed by atoms with Crippen LogP contribution in [0.4, 0.5) is 5.69 Å². The van der Waals surface area contributed by atoms with Crippen molar-refractivity contribution < 1.29 is 9.84 Å². The van der Waals surface area contributed by atoms with Gasteiger partial charge in [0.1, 0.15) is 0 Å². The molecule has 0 spiro atoms.